The van der Waals surface area contributed by atoms with Gasteiger partial charge in [-0.3, -0.25) is 4.98 Å². The number of aryl methyl sites for hydroxylation is 1. The summed E-state index contributed by atoms with van der Waals surface area (Å²) in [7, 11) is 0. The van der Waals surface area contributed by atoms with Crippen molar-refractivity contribution in [3.63, 3.8) is 0 Å². The topological polar surface area (TPSA) is 48.1 Å². The van der Waals surface area contributed by atoms with Crippen molar-refractivity contribution in [1.82, 2.24) is 4.98 Å². The number of ether oxygens (including phenoxy) is 1. The number of hydrogen-bond acceptors (Lipinski definition) is 3. The normalized spacial score (nSPS) is 10.7. The quantitative estimate of drug-likeness (QED) is 0.734. The molecule has 2 N–H and O–H groups in total. The van der Waals surface area contributed by atoms with Crippen molar-refractivity contribution in [1.29, 1.82) is 0 Å². The summed E-state index contributed by atoms with van der Waals surface area (Å²) in [6.07, 6.45) is 1.80. The zero-order valence-electron chi connectivity index (χ0n) is 11.3. The minimum atomic E-state index is 0.537. The Morgan fingerprint density at radius 3 is 2.85 bits per heavy atom. The molecule has 20 heavy (non-hydrogen) atoms. The summed E-state index contributed by atoms with van der Waals surface area (Å²) < 4.78 is 5.85. The van der Waals surface area contributed by atoms with Crippen LogP contribution in [0.1, 0.15) is 11.1 Å². The van der Waals surface area contributed by atoms with Gasteiger partial charge in [0.2, 0.25) is 0 Å². The molecule has 1 heterocycles. The van der Waals surface area contributed by atoms with Crippen molar-refractivity contribution in [2.24, 2.45) is 0 Å². The fraction of sp³-hybridized carbons (Fsp3) is 0.118. The van der Waals surface area contributed by atoms with Crippen molar-refractivity contribution in [2.45, 2.75) is 13.5 Å². The summed E-state index contributed by atoms with van der Waals surface area (Å²) in [5, 5.41) is 1.13. The molecule has 0 aliphatic rings. The van der Waals surface area contributed by atoms with E-state index in [9.17, 15) is 0 Å². The minimum absolute atomic E-state index is 0.537. The van der Waals surface area contributed by atoms with Crippen LogP contribution in [0.2, 0.25) is 0 Å². The minimum Gasteiger partial charge on any atom is -0.489 e. The van der Waals surface area contributed by atoms with E-state index >= 15 is 0 Å². The van der Waals surface area contributed by atoms with Crippen LogP contribution in [0.3, 0.4) is 0 Å². The van der Waals surface area contributed by atoms with E-state index in [1.807, 2.05) is 43.3 Å². The third kappa shape index (κ3) is 2.57. The highest BCUT2D eigenvalue weighted by Crippen LogP contribution is 2.22. The summed E-state index contributed by atoms with van der Waals surface area (Å²) in [6.45, 7) is 2.53. The molecule has 0 amide bonds. The van der Waals surface area contributed by atoms with Gasteiger partial charge in [-0.15, -0.1) is 0 Å². The Hall–Kier alpha value is -2.55. The van der Waals surface area contributed by atoms with Gasteiger partial charge in [-0.1, -0.05) is 12.1 Å². The van der Waals surface area contributed by atoms with Gasteiger partial charge in [0.05, 0.1) is 5.52 Å². The van der Waals surface area contributed by atoms with E-state index in [1.165, 1.54) is 0 Å². The van der Waals surface area contributed by atoms with Gasteiger partial charge in [0.1, 0.15) is 12.4 Å². The lowest BCUT2D eigenvalue weighted by Crippen LogP contribution is -1.98. The molecule has 100 valence electrons. The fourth-order valence-electron chi connectivity index (χ4n) is 2.21. The SMILES string of the molecule is Cc1cc(N)ccc1OCc1ccc2ncccc2c1. The first-order chi connectivity index (χ1) is 9.72. The zero-order valence-corrected chi connectivity index (χ0v) is 11.3. The molecule has 0 aliphatic heterocycles. The maximum Gasteiger partial charge on any atom is 0.122 e. The Morgan fingerprint density at radius 1 is 1.10 bits per heavy atom. The highest BCUT2D eigenvalue weighted by atomic mass is 16.5. The molecule has 0 unspecified atom stereocenters. The molecule has 2 aromatic carbocycles. The van der Waals surface area contributed by atoms with Gasteiger partial charge in [0.25, 0.3) is 0 Å². The molecule has 1 aromatic heterocycles. The van der Waals surface area contributed by atoms with E-state index in [2.05, 4.69) is 17.1 Å². The Bertz CT molecular complexity index is 753. The van der Waals surface area contributed by atoms with Crippen molar-refractivity contribution in [2.75, 3.05) is 5.73 Å². The number of nitrogens with zero attached hydrogens (tertiary/aromatic N) is 1. The Kier molecular flexibility index (Phi) is 3.25. The summed E-state index contributed by atoms with van der Waals surface area (Å²) in [4.78, 5) is 4.31. The van der Waals surface area contributed by atoms with Crippen LogP contribution in [0.4, 0.5) is 5.69 Å². The first-order valence-corrected chi connectivity index (χ1v) is 6.55. The molecule has 0 spiro atoms. The van der Waals surface area contributed by atoms with Gasteiger partial charge < -0.3 is 10.5 Å². The van der Waals surface area contributed by atoms with Gasteiger partial charge in [0.15, 0.2) is 0 Å². The third-order valence-corrected chi connectivity index (χ3v) is 3.26. The number of aromatic nitrogens is 1. The molecule has 0 bridgehead atoms. The Balaban J connectivity index is 1.79. The number of anilines is 1. The zero-order chi connectivity index (χ0) is 13.9. The second-order valence-electron chi connectivity index (χ2n) is 4.84. The molecule has 0 saturated heterocycles. The van der Waals surface area contributed by atoms with Gasteiger partial charge in [-0.25, -0.2) is 0 Å². The summed E-state index contributed by atoms with van der Waals surface area (Å²) >= 11 is 0. The van der Waals surface area contributed by atoms with Crippen LogP contribution in [0.25, 0.3) is 10.9 Å². The number of fused-ring (bicyclic) bond motifs is 1. The fourth-order valence-corrected chi connectivity index (χ4v) is 2.21. The van der Waals surface area contributed by atoms with Gasteiger partial charge in [-0.05, 0) is 54.4 Å². The van der Waals surface area contributed by atoms with E-state index in [1.54, 1.807) is 6.20 Å². The smallest absolute Gasteiger partial charge is 0.122 e. The number of hydrogen-bond donors (Lipinski definition) is 1. The maximum atomic E-state index is 5.85. The Labute approximate surface area is 118 Å². The monoisotopic (exact) mass is 264 g/mol. The molecule has 3 heteroatoms. The highest BCUT2D eigenvalue weighted by molar-refractivity contribution is 5.78. The second-order valence-corrected chi connectivity index (χ2v) is 4.84. The van der Waals surface area contributed by atoms with Crippen LogP contribution in [0.5, 0.6) is 5.75 Å². The van der Waals surface area contributed by atoms with Gasteiger partial charge in [-0.2, -0.15) is 0 Å². The lowest BCUT2D eigenvalue weighted by atomic mass is 10.1. The largest absolute Gasteiger partial charge is 0.489 e. The van der Waals surface area contributed by atoms with Crippen LogP contribution in [-0.4, -0.2) is 4.98 Å². The predicted molar refractivity (Wildman–Crippen MR) is 81.7 cm³/mol. The maximum absolute atomic E-state index is 5.85. The number of benzene rings is 2. The lowest BCUT2D eigenvalue weighted by Gasteiger charge is -2.10. The molecule has 3 rings (SSSR count). The summed E-state index contributed by atoms with van der Waals surface area (Å²) in [6, 6.07) is 15.8. The standard InChI is InChI=1S/C17H16N2O/c1-12-9-15(18)5-7-17(12)20-11-13-4-6-16-14(10-13)3-2-8-19-16/h2-10H,11,18H2,1H3. The van der Waals surface area contributed by atoms with E-state index < -0.39 is 0 Å². The predicted octanol–water partition coefficient (Wildman–Crippen LogP) is 3.70. The molecule has 0 fully saturated rings. The molecule has 3 aromatic rings. The van der Waals surface area contributed by atoms with Crippen molar-refractivity contribution in [3.8, 4) is 5.75 Å². The third-order valence-electron chi connectivity index (χ3n) is 3.26. The molecule has 0 aliphatic carbocycles. The van der Waals surface area contributed by atoms with E-state index in [0.717, 1.165) is 33.5 Å². The highest BCUT2D eigenvalue weighted by Gasteiger charge is 2.02. The number of nitrogens with two attached hydrogens (primary N) is 1. The lowest BCUT2D eigenvalue weighted by molar-refractivity contribution is 0.304. The van der Waals surface area contributed by atoms with Crippen LogP contribution in [-0.2, 0) is 6.61 Å². The molecule has 0 saturated carbocycles. The van der Waals surface area contributed by atoms with Crippen LogP contribution in [0.15, 0.2) is 54.7 Å². The molecule has 0 atom stereocenters. The molecular weight excluding hydrogens is 248 g/mol. The van der Waals surface area contributed by atoms with Crippen LogP contribution >= 0.6 is 0 Å². The first kappa shape index (κ1) is 12.5. The average Bonchev–Trinajstić information content (AvgIpc) is 2.46. The second kappa shape index (κ2) is 5.21. The van der Waals surface area contributed by atoms with Gasteiger partial charge >= 0.3 is 0 Å². The van der Waals surface area contributed by atoms with Crippen molar-refractivity contribution < 1.29 is 4.74 Å². The number of pyridine rings is 1. The van der Waals surface area contributed by atoms with E-state index in [4.69, 9.17) is 10.5 Å². The molecule has 0 radical (unpaired) electrons. The molecule has 3 nitrogen and oxygen atoms in total. The van der Waals surface area contributed by atoms with E-state index in [-0.39, 0.29) is 0 Å². The number of rotatable bonds is 3. The van der Waals surface area contributed by atoms with Crippen LogP contribution < -0.4 is 10.5 Å². The molecular formula is C17H16N2O. The number of nitrogen functional groups attached to an aromatic ring is 1. The Morgan fingerprint density at radius 2 is 2.00 bits per heavy atom. The van der Waals surface area contributed by atoms with Crippen molar-refractivity contribution in [3.05, 3.63) is 65.9 Å². The summed E-state index contributed by atoms with van der Waals surface area (Å²) in [5.41, 5.74) is 9.67. The van der Waals surface area contributed by atoms with Crippen LogP contribution in [0, 0.1) is 6.92 Å². The summed E-state index contributed by atoms with van der Waals surface area (Å²) in [5.74, 6) is 0.866. The van der Waals surface area contributed by atoms with Gasteiger partial charge in [0, 0.05) is 17.3 Å². The average molecular weight is 264 g/mol. The van der Waals surface area contributed by atoms with Crippen molar-refractivity contribution >= 4 is 16.6 Å². The van der Waals surface area contributed by atoms with E-state index in [0.29, 0.717) is 6.61 Å². The first-order valence-electron chi connectivity index (χ1n) is 6.55.